The van der Waals surface area contributed by atoms with Crippen LogP contribution in [0.3, 0.4) is 0 Å². The van der Waals surface area contributed by atoms with Crippen molar-refractivity contribution in [2.24, 2.45) is 5.84 Å². The zero-order chi connectivity index (χ0) is 13.7. The lowest BCUT2D eigenvalue weighted by Crippen LogP contribution is -2.30. The predicted molar refractivity (Wildman–Crippen MR) is 75.5 cm³/mol. The number of hydrazine groups is 1. The molecule has 1 unspecified atom stereocenters. The number of rotatable bonds is 7. The lowest BCUT2D eigenvalue weighted by Gasteiger charge is -2.13. The zero-order valence-electron chi connectivity index (χ0n) is 11.3. The molecule has 2 aromatic rings. The first kappa shape index (κ1) is 14.1. The Kier molecular flexibility index (Phi) is 5.00. The molecule has 2 rings (SSSR count). The molecular weight excluding hydrogens is 260 g/mol. The molecule has 6 nitrogen and oxygen atoms in total. The predicted octanol–water partition coefficient (Wildman–Crippen LogP) is 1.84. The maximum atomic E-state index is 5.58. The van der Waals surface area contributed by atoms with Crippen LogP contribution in [0.5, 0.6) is 0 Å². The smallest absolute Gasteiger partial charge is 0.0942 e. The Morgan fingerprint density at radius 2 is 2.21 bits per heavy atom. The summed E-state index contributed by atoms with van der Waals surface area (Å²) in [5.41, 5.74) is 4.66. The number of nitrogens with zero attached hydrogens (tertiary/aromatic N) is 4. The molecule has 104 valence electrons. The molecule has 0 spiro atoms. The summed E-state index contributed by atoms with van der Waals surface area (Å²) in [7, 11) is 0. The minimum atomic E-state index is -0.0381. The second-order valence-electron chi connectivity index (χ2n) is 4.51. The number of nitrogens with one attached hydrogen (secondary N) is 1. The fourth-order valence-corrected chi connectivity index (χ4v) is 2.64. The monoisotopic (exact) mass is 280 g/mol. The van der Waals surface area contributed by atoms with Crippen LogP contribution >= 0.6 is 11.5 Å². The number of aromatic nitrogens is 4. The highest BCUT2D eigenvalue weighted by Crippen LogP contribution is 2.18. The van der Waals surface area contributed by atoms with Gasteiger partial charge in [0.2, 0.25) is 0 Å². The number of hydrogen-bond acceptors (Lipinski definition) is 6. The molecule has 0 aliphatic carbocycles. The van der Waals surface area contributed by atoms with Crippen LogP contribution in [-0.4, -0.2) is 19.4 Å². The van der Waals surface area contributed by atoms with Gasteiger partial charge in [0.05, 0.1) is 23.5 Å². The zero-order valence-corrected chi connectivity index (χ0v) is 12.1. The third-order valence-corrected chi connectivity index (χ3v) is 3.85. The molecule has 0 aromatic carbocycles. The van der Waals surface area contributed by atoms with Crippen molar-refractivity contribution < 1.29 is 0 Å². The molecule has 0 saturated heterocycles. The summed E-state index contributed by atoms with van der Waals surface area (Å²) < 4.78 is 5.91. The van der Waals surface area contributed by atoms with Gasteiger partial charge in [0.25, 0.3) is 0 Å². The first-order valence-corrected chi connectivity index (χ1v) is 7.39. The maximum Gasteiger partial charge on any atom is 0.0942 e. The van der Waals surface area contributed by atoms with Crippen LogP contribution in [0.1, 0.15) is 50.2 Å². The van der Waals surface area contributed by atoms with Crippen LogP contribution in [0.2, 0.25) is 0 Å². The number of hydrogen-bond donors (Lipinski definition) is 2. The fraction of sp³-hybridized carbons (Fsp3) is 0.583. The van der Waals surface area contributed by atoms with Crippen LogP contribution in [0.15, 0.2) is 17.6 Å². The van der Waals surface area contributed by atoms with E-state index in [2.05, 4.69) is 34.0 Å². The van der Waals surface area contributed by atoms with Crippen molar-refractivity contribution in [3.63, 3.8) is 0 Å². The minimum Gasteiger partial charge on any atom is -0.271 e. The van der Waals surface area contributed by atoms with Crippen LogP contribution in [0, 0.1) is 0 Å². The Labute approximate surface area is 117 Å². The summed E-state index contributed by atoms with van der Waals surface area (Å²) >= 11 is 1.33. The van der Waals surface area contributed by atoms with Gasteiger partial charge >= 0.3 is 0 Å². The Morgan fingerprint density at radius 3 is 2.79 bits per heavy atom. The van der Waals surface area contributed by atoms with Gasteiger partial charge in [0, 0.05) is 18.0 Å². The van der Waals surface area contributed by atoms with Crippen LogP contribution < -0.4 is 11.3 Å². The Hall–Kier alpha value is -1.31. The third-order valence-electron chi connectivity index (χ3n) is 3.33. The highest BCUT2D eigenvalue weighted by atomic mass is 32.1. The van der Waals surface area contributed by atoms with Crippen molar-refractivity contribution in [2.45, 2.75) is 45.2 Å². The quantitative estimate of drug-likeness (QED) is 0.597. The van der Waals surface area contributed by atoms with Crippen LogP contribution in [-0.2, 0) is 6.42 Å². The largest absolute Gasteiger partial charge is 0.271 e. The van der Waals surface area contributed by atoms with E-state index in [-0.39, 0.29) is 6.04 Å². The van der Waals surface area contributed by atoms with Gasteiger partial charge in [-0.3, -0.25) is 16.0 Å². The van der Waals surface area contributed by atoms with Gasteiger partial charge in [-0.1, -0.05) is 18.3 Å². The normalized spacial score (nSPS) is 13.1. The van der Waals surface area contributed by atoms with E-state index in [1.165, 1.54) is 11.5 Å². The molecular formula is C12H20N6S. The van der Waals surface area contributed by atoms with E-state index < -0.39 is 0 Å². The third kappa shape index (κ3) is 3.37. The molecule has 0 amide bonds. The van der Waals surface area contributed by atoms with E-state index in [0.29, 0.717) is 6.04 Å². The van der Waals surface area contributed by atoms with Crippen molar-refractivity contribution in [2.75, 3.05) is 0 Å². The van der Waals surface area contributed by atoms with E-state index >= 15 is 0 Å². The van der Waals surface area contributed by atoms with Gasteiger partial charge < -0.3 is 0 Å². The Bertz CT molecular complexity index is 476. The molecule has 0 radical (unpaired) electrons. The van der Waals surface area contributed by atoms with E-state index in [0.717, 1.165) is 30.7 Å². The molecule has 2 heterocycles. The average Bonchev–Trinajstić information content (AvgIpc) is 3.09. The summed E-state index contributed by atoms with van der Waals surface area (Å²) in [5, 5.41) is 10.6. The highest BCUT2D eigenvalue weighted by molar-refractivity contribution is 7.03. The van der Waals surface area contributed by atoms with Crippen molar-refractivity contribution >= 4 is 11.5 Å². The Balaban J connectivity index is 2.06. The minimum absolute atomic E-state index is 0.0381. The molecule has 0 aliphatic heterocycles. The lowest BCUT2D eigenvalue weighted by atomic mass is 10.1. The second-order valence-corrected chi connectivity index (χ2v) is 5.12. The lowest BCUT2D eigenvalue weighted by molar-refractivity contribution is 0.422. The molecule has 19 heavy (non-hydrogen) atoms. The van der Waals surface area contributed by atoms with Gasteiger partial charge in [-0.15, -0.1) is 5.10 Å². The molecule has 3 N–H and O–H groups in total. The van der Waals surface area contributed by atoms with Crippen LogP contribution in [0.4, 0.5) is 0 Å². The molecule has 0 saturated carbocycles. The standard InChI is InChI=1S/C12H20N6S/c1-3-10(4-2)18-6-5-9(16-18)7-11(14-13)12-8-19-17-15-12/h5-6,8,10-11,14H,3-4,7,13H2,1-2H3. The summed E-state index contributed by atoms with van der Waals surface area (Å²) in [6.45, 7) is 4.36. The average molecular weight is 280 g/mol. The van der Waals surface area contributed by atoms with Crippen molar-refractivity contribution in [1.29, 1.82) is 0 Å². The first-order valence-electron chi connectivity index (χ1n) is 6.55. The van der Waals surface area contributed by atoms with Crippen molar-refractivity contribution in [3.8, 4) is 0 Å². The molecule has 0 fully saturated rings. The van der Waals surface area contributed by atoms with Gasteiger partial charge in [0.15, 0.2) is 0 Å². The summed E-state index contributed by atoms with van der Waals surface area (Å²) in [6, 6.07) is 2.48. The topological polar surface area (TPSA) is 81.7 Å². The maximum absolute atomic E-state index is 5.58. The molecule has 0 bridgehead atoms. The van der Waals surface area contributed by atoms with Gasteiger partial charge in [-0.05, 0) is 30.4 Å². The van der Waals surface area contributed by atoms with E-state index in [1.807, 2.05) is 22.3 Å². The first-order chi connectivity index (χ1) is 9.28. The molecule has 1 atom stereocenters. The summed E-state index contributed by atoms with van der Waals surface area (Å²) in [6.07, 6.45) is 4.94. The number of nitrogens with two attached hydrogens (primary N) is 1. The van der Waals surface area contributed by atoms with E-state index in [9.17, 15) is 0 Å². The SMILES string of the molecule is CCC(CC)n1ccc(CC(NN)c2csnn2)n1. The van der Waals surface area contributed by atoms with E-state index in [1.54, 1.807) is 0 Å². The van der Waals surface area contributed by atoms with Crippen molar-refractivity contribution in [1.82, 2.24) is 24.8 Å². The van der Waals surface area contributed by atoms with Gasteiger partial charge in [-0.2, -0.15) is 5.10 Å². The fourth-order valence-electron chi connectivity index (χ4n) is 2.13. The second kappa shape index (κ2) is 6.74. The van der Waals surface area contributed by atoms with Gasteiger partial charge in [0.1, 0.15) is 0 Å². The van der Waals surface area contributed by atoms with E-state index in [4.69, 9.17) is 5.84 Å². The van der Waals surface area contributed by atoms with Crippen LogP contribution in [0.25, 0.3) is 0 Å². The Morgan fingerprint density at radius 1 is 1.42 bits per heavy atom. The highest BCUT2D eigenvalue weighted by Gasteiger charge is 2.16. The summed E-state index contributed by atoms with van der Waals surface area (Å²) in [5.74, 6) is 5.58. The van der Waals surface area contributed by atoms with Crippen molar-refractivity contribution in [3.05, 3.63) is 29.0 Å². The molecule has 0 aliphatic rings. The summed E-state index contributed by atoms with van der Waals surface area (Å²) in [4.78, 5) is 0. The van der Waals surface area contributed by atoms with Gasteiger partial charge in [-0.25, -0.2) is 0 Å². The molecule has 7 heteroatoms. The molecule has 2 aromatic heterocycles.